The van der Waals surface area contributed by atoms with Gasteiger partial charge in [0.25, 0.3) is 0 Å². The summed E-state index contributed by atoms with van der Waals surface area (Å²) < 4.78 is 0. The molecule has 0 spiro atoms. The molecule has 0 amide bonds. The highest BCUT2D eigenvalue weighted by Crippen LogP contribution is 2.53. The van der Waals surface area contributed by atoms with E-state index in [2.05, 4.69) is 31.9 Å². The van der Waals surface area contributed by atoms with Crippen molar-refractivity contribution in [3.63, 3.8) is 0 Å². The highest BCUT2D eigenvalue weighted by molar-refractivity contribution is 5.04. The molecule has 0 aromatic heterocycles. The molecule has 0 radical (unpaired) electrons. The lowest BCUT2D eigenvalue weighted by molar-refractivity contribution is 0.318. The molecule has 1 aliphatic carbocycles. The first-order valence-electron chi connectivity index (χ1n) is 4.76. The molecule has 0 saturated heterocycles. The van der Waals surface area contributed by atoms with Crippen LogP contribution in [-0.4, -0.2) is 6.04 Å². The molecule has 0 heterocycles. The minimum absolute atomic E-state index is 0.144. The van der Waals surface area contributed by atoms with Gasteiger partial charge in [0, 0.05) is 6.42 Å². The summed E-state index contributed by atoms with van der Waals surface area (Å²) in [6.45, 7) is 6.61. The minimum Gasteiger partial charge on any atom is -0.150 e. The van der Waals surface area contributed by atoms with Gasteiger partial charge in [0.15, 0.2) is 0 Å². The van der Waals surface area contributed by atoms with Crippen molar-refractivity contribution in [1.29, 1.82) is 0 Å². The summed E-state index contributed by atoms with van der Waals surface area (Å²) in [5, 5.41) is 3.11. The van der Waals surface area contributed by atoms with Gasteiger partial charge in [-0.05, 0) is 23.7 Å². The number of terminal acetylenes is 1. The normalized spacial score (nSPS) is 29.1. The van der Waals surface area contributed by atoms with Gasteiger partial charge in [-0.3, -0.25) is 0 Å². The first kappa shape index (κ1) is 10.2. The summed E-state index contributed by atoms with van der Waals surface area (Å²) in [7, 11) is 0. The van der Waals surface area contributed by atoms with E-state index in [0.717, 1.165) is 6.42 Å². The summed E-state index contributed by atoms with van der Waals surface area (Å²) in [5.41, 5.74) is 0.294. The molecule has 1 saturated carbocycles. The molecular formula is C11H17NO. The van der Waals surface area contributed by atoms with E-state index in [9.17, 15) is 4.91 Å². The lowest BCUT2D eigenvalue weighted by Crippen LogP contribution is -2.15. The van der Waals surface area contributed by atoms with E-state index >= 15 is 0 Å². The monoisotopic (exact) mass is 179 g/mol. The van der Waals surface area contributed by atoms with Gasteiger partial charge in [0.2, 0.25) is 0 Å². The topological polar surface area (TPSA) is 29.4 Å². The zero-order valence-corrected chi connectivity index (χ0v) is 8.58. The molecule has 0 N–H and O–H groups in total. The fourth-order valence-corrected chi connectivity index (χ4v) is 2.02. The second-order valence-electron chi connectivity index (χ2n) is 4.95. The molecule has 13 heavy (non-hydrogen) atoms. The van der Waals surface area contributed by atoms with Gasteiger partial charge < -0.3 is 0 Å². The second kappa shape index (κ2) is 3.49. The fourth-order valence-electron chi connectivity index (χ4n) is 2.02. The fraction of sp³-hybridized carbons (Fsp3) is 0.818. The predicted octanol–water partition coefficient (Wildman–Crippen LogP) is 2.83. The Hall–Kier alpha value is -0.840. The van der Waals surface area contributed by atoms with Crippen molar-refractivity contribution in [3.05, 3.63) is 4.91 Å². The summed E-state index contributed by atoms with van der Waals surface area (Å²) in [5.74, 6) is 3.59. The van der Waals surface area contributed by atoms with Gasteiger partial charge in [-0.2, -0.15) is 4.91 Å². The van der Waals surface area contributed by atoms with Crippen molar-refractivity contribution >= 4 is 0 Å². The molecule has 3 unspecified atom stereocenters. The van der Waals surface area contributed by atoms with Gasteiger partial charge in [-0.15, -0.1) is 12.3 Å². The van der Waals surface area contributed by atoms with Gasteiger partial charge in [-0.1, -0.05) is 25.9 Å². The number of rotatable bonds is 3. The van der Waals surface area contributed by atoms with Crippen LogP contribution >= 0.6 is 0 Å². The molecule has 2 nitrogen and oxygen atoms in total. The quantitative estimate of drug-likeness (QED) is 0.484. The zero-order valence-electron chi connectivity index (χ0n) is 8.58. The van der Waals surface area contributed by atoms with Crippen LogP contribution in [0.3, 0.4) is 0 Å². The largest absolute Gasteiger partial charge is 0.150 e. The van der Waals surface area contributed by atoms with E-state index in [1.54, 1.807) is 0 Å². The average molecular weight is 179 g/mol. The number of nitrogens with zero attached hydrogens (tertiary/aromatic N) is 1. The number of hydrogen-bond donors (Lipinski definition) is 0. The molecule has 3 atom stereocenters. The van der Waals surface area contributed by atoms with Crippen molar-refractivity contribution in [3.8, 4) is 12.3 Å². The third-order valence-electron chi connectivity index (χ3n) is 2.91. The number of hydrogen-bond acceptors (Lipinski definition) is 2. The van der Waals surface area contributed by atoms with Crippen LogP contribution in [0.2, 0.25) is 0 Å². The lowest BCUT2D eigenvalue weighted by Gasteiger charge is -2.18. The summed E-state index contributed by atoms with van der Waals surface area (Å²) >= 11 is 0. The molecule has 0 aromatic rings. The van der Waals surface area contributed by atoms with Crippen LogP contribution in [-0.2, 0) is 0 Å². The van der Waals surface area contributed by atoms with E-state index < -0.39 is 0 Å². The standard InChI is InChI=1S/C11H17NO/c1-5-6-10(12-13)8-7-9(8)11(2,3)4/h1,8-10H,6-7H2,2-4H3. The Labute approximate surface area is 80.1 Å². The van der Waals surface area contributed by atoms with Gasteiger partial charge in [0.05, 0.1) is 0 Å². The molecule has 0 bridgehead atoms. The highest BCUT2D eigenvalue weighted by Gasteiger charge is 2.49. The Morgan fingerprint density at radius 3 is 2.54 bits per heavy atom. The highest BCUT2D eigenvalue weighted by atomic mass is 16.3. The smallest absolute Gasteiger partial charge is 0.106 e. The molecular weight excluding hydrogens is 162 g/mol. The predicted molar refractivity (Wildman–Crippen MR) is 54.1 cm³/mol. The molecule has 0 aromatic carbocycles. The SMILES string of the molecule is C#CCC(N=O)C1CC1C(C)(C)C. The molecule has 1 fully saturated rings. The van der Waals surface area contributed by atoms with Crippen molar-refractivity contribution < 1.29 is 0 Å². The maximum Gasteiger partial charge on any atom is 0.106 e. The van der Waals surface area contributed by atoms with Crippen molar-refractivity contribution in [2.24, 2.45) is 22.4 Å². The van der Waals surface area contributed by atoms with E-state index in [-0.39, 0.29) is 6.04 Å². The van der Waals surface area contributed by atoms with Crippen LogP contribution in [0.15, 0.2) is 5.18 Å². The van der Waals surface area contributed by atoms with Crippen LogP contribution in [0.25, 0.3) is 0 Å². The first-order chi connectivity index (χ1) is 6.00. The van der Waals surface area contributed by atoms with Crippen LogP contribution in [0.5, 0.6) is 0 Å². The van der Waals surface area contributed by atoms with Crippen molar-refractivity contribution in [2.75, 3.05) is 0 Å². The Kier molecular flexibility index (Phi) is 2.75. The average Bonchev–Trinajstić information content (AvgIpc) is 2.77. The minimum atomic E-state index is -0.144. The summed E-state index contributed by atoms with van der Waals surface area (Å²) in [4.78, 5) is 10.5. The zero-order chi connectivity index (χ0) is 10.1. The Morgan fingerprint density at radius 1 is 1.62 bits per heavy atom. The Bertz CT molecular complexity index is 233. The molecule has 1 rings (SSSR count). The van der Waals surface area contributed by atoms with E-state index in [1.165, 1.54) is 0 Å². The van der Waals surface area contributed by atoms with Gasteiger partial charge in [0.1, 0.15) is 6.04 Å². The van der Waals surface area contributed by atoms with Crippen LogP contribution < -0.4 is 0 Å². The van der Waals surface area contributed by atoms with Crippen molar-refractivity contribution in [2.45, 2.75) is 39.7 Å². The van der Waals surface area contributed by atoms with Crippen LogP contribution in [0, 0.1) is 34.5 Å². The molecule has 1 aliphatic rings. The Morgan fingerprint density at radius 2 is 2.23 bits per heavy atom. The van der Waals surface area contributed by atoms with E-state index in [0.29, 0.717) is 23.7 Å². The maximum atomic E-state index is 10.5. The molecule has 0 aliphatic heterocycles. The van der Waals surface area contributed by atoms with E-state index in [1.807, 2.05) is 0 Å². The molecule has 72 valence electrons. The lowest BCUT2D eigenvalue weighted by atomic mass is 9.87. The third kappa shape index (κ3) is 2.30. The Balaban J connectivity index is 2.50. The van der Waals surface area contributed by atoms with Gasteiger partial charge >= 0.3 is 0 Å². The third-order valence-corrected chi connectivity index (χ3v) is 2.91. The summed E-state index contributed by atoms with van der Waals surface area (Å²) in [6, 6.07) is -0.144. The summed E-state index contributed by atoms with van der Waals surface area (Å²) in [6.07, 6.45) is 6.79. The van der Waals surface area contributed by atoms with Crippen LogP contribution in [0.1, 0.15) is 33.6 Å². The molecule has 2 heteroatoms. The number of nitroso groups, excluding NO2 is 1. The van der Waals surface area contributed by atoms with E-state index in [4.69, 9.17) is 6.42 Å². The second-order valence-corrected chi connectivity index (χ2v) is 4.95. The van der Waals surface area contributed by atoms with Gasteiger partial charge in [-0.25, -0.2) is 0 Å². The maximum absolute atomic E-state index is 10.5. The van der Waals surface area contributed by atoms with Crippen molar-refractivity contribution in [1.82, 2.24) is 0 Å². The van der Waals surface area contributed by atoms with Crippen LogP contribution in [0.4, 0.5) is 0 Å². The first-order valence-corrected chi connectivity index (χ1v) is 4.76.